The fraction of sp³-hybridized carbons (Fsp3) is 1.00. The van der Waals surface area contributed by atoms with E-state index in [1.54, 1.807) is 0 Å². The Morgan fingerprint density at radius 1 is 1.15 bits per heavy atom. The summed E-state index contributed by atoms with van der Waals surface area (Å²) in [5.74, 6) is 0.347. The third-order valence-corrected chi connectivity index (χ3v) is 3.14. The second kappa shape index (κ2) is 7.86. The van der Waals surface area contributed by atoms with Crippen LogP contribution < -0.4 is 12.4 Å². The topological polar surface area (TPSA) is 20.2 Å². The maximum absolute atomic E-state index is 9.44. The largest absolute Gasteiger partial charge is 1.00 e. The molecule has 82 valence electrons. The van der Waals surface area contributed by atoms with Gasteiger partial charge in [-0.2, -0.15) is 0 Å². The second-order valence-corrected chi connectivity index (χ2v) is 3.59. The normalized spacial score (nSPS) is 13.6. The van der Waals surface area contributed by atoms with Crippen molar-refractivity contribution in [1.29, 1.82) is 0 Å². The average molecular weight is 230 g/mol. The maximum atomic E-state index is 9.44. The number of aliphatic hydroxyl groups excluding tert-OH is 1. The average Bonchev–Trinajstić information content (AvgIpc) is 2.14. The molecule has 1 atom stereocenters. The van der Waals surface area contributed by atoms with Crippen molar-refractivity contribution in [2.24, 2.45) is 0 Å². The molecule has 0 saturated carbocycles. The smallest absolute Gasteiger partial charge is 0.116 e. The lowest BCUT2D eigenvalue weighted by molar-refractivity contribution is -0.925. The Morgan fingerprint density at radius 2 is 1.54 bits per heavy atom. The van der Waals surface area contributed by atoms with Crippen LogP contribution in [0, 0.1) is 0 Å². The minimum atomic E-state index is -0.355. The first-order chi connectivity index (χ1) is 5.64. The summed E-state index contributed by atoms with van der Waals surface area (Å²) >= 11 is 5.57. The van der Waals surface area contributed by atoms with Gasteiger partial charge in [-0.3, -0.25) is 0 Å². The molecule has 0 heterocycles. The molecule has 4 heteroatoms. The van der Waals surface area contributed by atoms with Crippen molar-refractivity contribution in [2.75, 3.05) is 32.1 Å². The molecule has 0 aliphatic rings. The number of rotatable bonds is 6. The first-order valence-corrected chi connectivity index (χ1v) is 5.26. The van der Waals surface area contributed by atoms with Gasteiger partial charge in [0.25, 0.3) is 0 Å². The molecule has 0 fully saturated rings. The van der Waals surface area contributed by atoms with Crippen molar-refractivity contribution in [2.45, 2.75) is 26.9 Å². The van der Waals surface area contributed by atoms with Crippen molar-refractivity contribution in [3.05, 3.63) is 0 Å². The van der Waals surface area contributed by atoms with E-state index in [1.807, 2.05) is 0 Å². The summed E-state index contributed by atoms with van der Waals surface area (Å²) in [7, 11) is 0. The predicted molar refractivity (Wildman–Crippen MR) is 53.5 cm³/mol. The Labute approximate surface area is 92.9 Å². The number of hydrogen-bond donors (Lipinski definition) is 1. The summed E-state index contributed by atoms with van der Waals surface area (Å²) < 4.78 is 0.966. The van der Waals surface area contributed by atoms with Gasteiger partial charge in [0.2, 0.25) is 0 Å². The van der Waals surface area contributed by atoms with Crippen molar-refractivity contribution in [3.8, 4) is 0 Å². The van der Waals surface area contributed by atoms with Crippen LogP contribution in [0.5, 0.6) is 0 Å². The van der Waals surface area contributed by atoms with E-state index >= 15 is 0 Å². The number of aliphatic hydroxyl groups is 1. The molecular weight excluding hydrogens is 209 g/mol. The van der Waals surface area contributed by atoms with Gasteiger partial charge in [0.15, 0.2) is 0 Å². The molecule has 0 amide bonds. The molecule has 0 aromatic heterocycles. The van der Waals surface area contributed by atoms with Gasteiger partial charge in [0.1, 0.15) is 12.6 Å². The molecule has 0 aliphatic heterocycles. The van der Waals surface area contributed by atoms with Gasteiger partial charge >= 0.3 is 0 Å². The summed E-state index contributed by atoms with van der Waals surface area (Å²) in [6.07, 6.45) is -0.355. The van der Waals surface area contributed by atoms with E-state index in [0.717, 1.165) is 30.7 Å². The SMILES string of the molecule is CC[N+](CC)(CC)C[C@H](O)CCl.[Cl-]. The molecule has 0 saturated heterocycles. The molecular formula is C9H21Cl2NO. The van der Waals surface area contributed by atoms with Gasteiger partial charge in [-0.25, -0.2) is 0 Å². The van der Waals surface area contributed by atoms with Crippen LogP contribution in [0.2, 0.25) is 0 Å². The number of quaternary nitrogens is 1. The zero-order chi connectivity index (χ0) is 9.61. The predicted octanol–water partition coefficient (Wildman–Crippen LogP) is -1.53. The minimum absolute atomic E-state index is 0. The Bertz CT molecular complexity index is 110. The van der Waals surface area contributed by atoms with Crippen LogP contribution in [0.15, 0.2) is 0 Å². The second-order valence-electron chi connectivity index (χ2n) is 3.28. The molecule has 0 unspecified atom stereocenters. The summed E-state index contributed by atoms with van der Waals surface area (Å²) in [6.45, 7) is 10.5. The number of likely N-dealkylation sites (N-methyl/N-ethyl adjacent to an activating group) is 1. The van der Waals surface area contributed by atoms with E-state index in [9.17, 15) is 5.11 Å². The van der Waals surface area contributed by atoms with E-state index in [1.165, 1.54) is 0 Å². The molecule has 0 aliphatic carbocycles. The zero-order valence-corrected chi connectivity index (χ0v) is 10.3. The lowest BCUT2D eigenvalue weighted by atomic mass is 10.2. The third-order valence-electron chi connectivity index (χ3n) is 2.79. The summed E-state index contributed by atoms with van der Waals surface area (Å²) in [5.41, 5.74) is 0. The van der Waals surface area contributed by atoms with Crippen LogP contribution in [-0.4, -0.2) is 47.8 Å². The number of hydrogen-bond acceptors (Lipinski definition) is 1. The molecule has 13 heavy (non-hydrogen) atoms. The van der Waals surface area contributed by atoms with E-state index in [2.05, 4.69) is 20.8 Å². The molecule has 2 nitrogen and oxygen atoms in total. The lowest BCUT2D eigenvalue weighted by Gasteiger charge is -2.37. The first-order valence-electron chi connectivity index (χ1n) is 4.73. The highest BCUT2D eigenvalue weighted by atomic mass is 35.5. The molecule has 0 aromatic rings. The fourth-order valence-corrected chi connectivity index (χ4v) is 1.65. The maximum Gasteiger partial charge on any atom is 0.116 e. The molecule has 0 aromatic carbocycles. The van der Waals surface area contributed by atoms with E-state index in [4.69, 9.17) is 11.6 Å². The number of halogens is 2. The third kappa shape index (κ3) is 5.06. The van der Waals surface area contributed by atoms with Gasteiger partial charge in [-0.1, -0.05) is 0 Å². The Morgan fingerprint density at radius 3 is 1.77 bits per heavy atom. The van der Waals surface area contributed by atoms with Crippen LogP contribution in [0.4, 0.5) is 0 Å². The van der Waals surface area contributed by atoms with Crippen molar-refractivity contribution in [1.82, 2.24) is 0 Å². The Kier molecular flexibility index (Phi) is 9.65. The summed E-state index contributed by atoms with van der Waals surface area (Å²) in [4.78, 5) is 0. The van der Waals surface area contributed by atoms with Crippen molar-refractivity contribution in [3.63, 3.8) is 0 Å². The highest BCUT2D eigenvalue weighted by Crippen LogP contribution is 2.07. The molecule has 0 rings (SSSR count). The molecule has 0 spiro atoms. The fourth-order valence-electron chi connectivity index (χ4n) is 1.55. The molecule has 0 radical (unpaired) electrons. The van der Waals surface area contributed by atoms with Crippen LogP contribution in [0.3, 0.4) is 0 Å². The zero-order valence-electron chi connectivity index (χ0n) is 8.76. The van der Waals surface area contributed by atoms with E-state index < -0.39 is 0 Å². The van der Waals surface area contributed by atoms with Crippen LogP contribution in [0.1, 0.15) is 20.8 Å². The van der Waals surface area contributed by atoms with Gasteiger partial charge < -0.3 is 22.0 Å². The van der Waals surface area contributed by atoms with Crippen LogP contribution in [0.25, 0.3) is 0 Å². The Balaban J connectivity index is 0. The summed E-state index contributed by atoms with van der Waals surface area (Å²) in [5, 5.41) is 9.44. The molecule has 0 bridgehead atoms. The van der Waals surface area contributed by atoms with Crippen LogP contribution in [-0.2, 0) is 0 Å². The molecule has 1 N–H and O–H groups in total. The van der Waals surface area contributed by atoms with Crippen molar-refractivity contribution < 1.29 is 22.0 Å². The lowest BCUT2D eigenvalue weighted by Crippen LogP contribution is -3.00. The van der Waals surface area contributed by atoms with Gasteiger partial charge in [-0.05, 0) is 20.8 Å². The number of alkyl halides is 1. The van der Waals surface area contributed by atoms with Crippen LogP contribution >= 0.6 is 11.6 Å². The highest BCUT2D eigenvalue weighted by molar-refractivity contribution is 6.18. The summed E-state index contributed by atoms with van der Waals surface area (Å²) in [6, 6.07) is 0. The Hall–Kier alpha value is 0.500. The highest BCUT2D eigenvalue weighted by Gasteiger charge is 2.24. The quantitative estimate of drug-likeness (QED) is 0.433. The van der Waals surface area contributed by atoms with E-state index in [0.29, 0.717) is 5.88 Å². The van der Waals surface area contributed by atoms with E-state index in [-0.39, 0.29) is 18.5 Å². The van der Waals surface area contributed by atoms with Gasteiger partial charge in [0.05, 0.1) is 25.5 Å². The first kappa shape index (κ1) is 15.9. The number of nitrogens with zero attached hydrogens (tertiary/aromatic N) is 1. The standard InChI is InChI=1S/C9H21ClNO.ClH/c1-4-11(5-2,6-3)8-9(12)7-10;/h9,12H,4-8H2,1-3H3;1H/q+1;/p-1/t9-;/m1./s1. The van der Waals surface area contributed by atoms with Crippen molar-refractivity contribution >= 4 is 11.6 Å². The van der Waals surface area contributed by atoms with Gasteiger partial charge in [0, 0.05) is 0 Å². The minimum Gasteiger partial charge on any atom is -1.00 e. The van der Waals surface area contributed by atoms with Gasteiger partial charge in [-0.15, -0.1) is 11.6 Å². The monoisotopic (exact) mass is 229 g/mol.